The van der Waals surface area contributed by atoms with E-state index in [2.05, 4.69) is 63.4 Å². The molecule has 0 spiro atoms. The maximum atomic E-state index is 11.0. The number of rotatable bonds is 9. The summed E-state index contributed by atoms with van der Waals surface area (Å²) in [5.74, 6) is 1.87. The lowest BCUT2D eigenvalue weighted by molar-refractivity contribution is -0.384. The zero-order valence-corrected chi connectivity index (χ0v) is 19.3. The topological polar surface area (TPSA) is 116 Å². The number of aromatic nitrogens is 5. The molecule has 0 unspecified atom stereocenters. The molecule has 0 radical (unpaired) electrons. The monoisotopic (exact) mass is 465 g/mol. The van der Waals surface area contributed by atoms with Crippen LogP contribution in [-0.2, 0) is 12.8 Å². The Morgan fingerprint density at radius 1 is 1.09 bits per heavy atom. The molecular weight excluding hydrogens is 442 g/mol. The Morgan fingerprint density at radius 3 is 2.55 bits per heavy atom. The standard InChI is InChI=1S/C22H23N7O3S/c1-4-28(5-2)17-11-9-15(10-12-17)21-24-25-22(27(21)3)33-14-19-23-20(26-32-19)16-7-6-8-18(13-16)29(30)31/h6-13H,4-5,14H2,1-3H3. The molecule has 0 aliphatic carbocycles. The van der Waals surface area contributed by atoms with E-state index in [9.17, 15) is 10.1 Å². The fraction of sp³-hybridized carbons (Fsp3) is 0.273. The van der Waals surface area contributed by atoms with E-state index in [4.69, 9.17) is 4.52 Å². The minimum atomic E-state index is -0.455. The van der Waals surface area contributed by atoms with Crippen LogP contribution in [0, 0.1) is 10.1 Å². The maximum Gasteiger partial charge on any atom is 0.270 e. The van der Waals surface area contributed by atoms with E-state index in [1.165, 1.54) is 29.6 Å². The third-order valence-corrected chi connectivity index (χ3v) is 6.20. The second-order valence-corrected chi connectivity index (χ2v) is 8.13. The minimum Gasteiger partial charge on any atom is -0.372 e. The number of thioether (sulfide) groups is 1. The van der Waals surface area contributed by atoms with Crippen LogP contribution in [-0.4, -0.2) is 42.9 Å². The van der Waals surface area contributed by atoms with E-state index in [1.807, 2.05) is 11.6 Å². The highest BCUT2D eigenvalue weighted by Gasteiger charge is 2.16. The lowest BCUT2D eigenvalue weighted by Gasteiger charge is -2.21. The molecule has 0 bridgehead atoms. The summed E-state index contributed by atoms with van der Waals surface area (Å²) in [6.07, 6.45) is 0. The molecule has 0 amide bonds. The van der Waals surface area contributed by atoms with Crippen molar-refractivity contribution in [2.75, 3.05) is 18.0 Å². The van der Waals surface area contributed by atoms with Crippen LogP contribution in [0.25, 0.3) is 22.8 Å². The zero-order valence-electron chi connectivity index (χ0n) is 18.5. The quantitative estimate of drug-likeness (QED) is 0.199. The average molecular weight is 466 g/mol. The molecular formula is C22H23N7O3S. The molecule has 33 heavy (non-hydrogen) atoms. The van der Waals surface area contributed by atoms with Gasteiger partial charge in [-0.3, -0.25) is 10.1 Å². The van der Waals surface area contributed by atoms with Gasteiger partial charge in [0.1, 0.15) is 0 Å². The number of nitro benzene ring substituents is 1. The molecule has 0 fully saturated rings. The Morgan fingerprint density at radius 2 is 1.85 bits per heavy atom. The SMILES string of the molecule is CCN(CC)c1ccc(-c2nnc(SCc3nc(-c4cccc([N+](=O)[O-])c4)no3)n2C)cc1. The van der Waals surface area contributed by atoms with E-state index >= 15 is 0 Å². The minimum absolute atomic E-state index is 0.0232. The van der Waals surface area contributed by atoms with Crippen molar-refractivity contribution in [3.8, 4) is 22.8 Å². The number of nitrogens with zero attached hydrogens (tertiary/aromatic N) is 7. The molecule has 2 heterocycles. The summed E-state index contributed by atoms with van der Waals surface area (Å²) in [6, 6.07) is 14.4. The number of non-ortho nitro benzene ring substituents is 1. The molecule has 10 nitrogen and oxygen atoms in total. The summed E-state index contributed by atoms with van der Waals surface area (Å²) in [6.45, 7) is 6.19. The summed E-state index contributed by atoms with van der Waals surface area (Å²) >= 11 is 1.42. The number of benzene rings is 2. The summed E-state index contributed by atoms with van der Waals surface area (Å²) in [4.78, 5) is 17.2. The van der Waals surface area contributed by atoms with E-state index in [-0.39, 0.29) is 5.69 Å². The van der Waals surface area contributed by atoms with E-state index in [1.54, 1.807) is 12.1 Å². The van der Waals surface area contributed by atoms with Crippen LogP contribution in [0.5, 0.6) is 0 Å². The van der Waals surface area contributed by atoms with Gasteiger partial charge in [0.25, 0.3) is 5.69 Å². The van der Waals surface area contributed by atoms with Crippen molar-refractivity contribution in [1.29, 1.82) is 0 Å². The Hall–Kier alpha value is -3.73. The van der Waals surface area contributed by atoms with E-state index in [0.717, 1.165) is 24.5 Å². The maximum absolute atomic E-state index is 11.0. The Kier molecular flexibility index (Phi) is 6.68. The number of hydrogen-bond acceptors (Lipinski definition) is 9. The molecule has 2 aromatic carbocycles. The zero-order chi connectivity index (χ0) is 23.4. The van der Waals surface area contributed by atoms with Gasteiger partial charge < -0.3 is 14.0 Å². The molecule has 4 aromatic rings. The van der Waals surface area contributed by atoms with Gasteiger partial charge in [0, 0.05) is 49.1 Å². The summed E-state index contributed by atoms with van der Waals surface area (Å²) in [7, 11) is 1.91. The predicted molar refractivity (Wildman–Crippen MR) is 126 cm³/mol. The van der Waals surface area contributed by atoms with Crippen molar-refractivity contribution < 1.29 is 9.45 Å². The van der Waals surface area contributed by atoms with Crippen LogP contribution in [0.3, 0.4) is 0 Å². The lowest BCUT2D eigenvalue weighted by Crippen LogP contribution is -2.21. The first kappa shape index (κ1) is 22.5. The van der Waals surface area contributed by atoms with Gasteiger partial charge in [0.05, 0.1) is 10.7 Å². The second-order valence-electron chi connectivity index (χ2n) is 7.19. The van der Waals surface area contributed by atoms with Gasteiger partial charge >= 0.3 is 0 Å². The predicted octanol–water partition coefficient (Wildman–Crippen LogP) is 4.58. The van der Waals surface area contributed by atoms with Gasteiger partial charge in [-0.2, -0.15) is 4.98 Å². The molecule has 0 saturated heterocycles. The number of anilines is 1. The Labute approximate surface area is 194 Å². The summed E-state index contributed by atoms with van der Waals surface area (Å²) in [5, 5.41) is 24.3. The van der Waals surface area contributed by atoms with E-state index < -0.39 is 4.92 Å². The molecule has 11 heteroatoms. The van der Waals surface area contributed by atoms with Gasteiger partial charge in [-0.05, 0) is 38.1 Å². The Balaban J connectivity index is 1.44. The van der Waals surface area contributed by atoms with Crippen LogP contribution in [0.2, 0.25) is 0 Å². The molecule has 170 valence electrons. The first-order chi connectivity index (χ1) is 16.0. The highest BCUT2D eigenvalue weighted by molar-refractivity contribution is 7.98. The van der Waals surface area contributed by atoms with Gasteiger partial charge in [0.15, 0.2) is 11.0 Å². The van der Waals surface area contributed by atoms with Crippen molar-refractivity contribution in [1.82, 2.24) is 24.9 Å². The molecule has 0 N–H and O–H groups in total. The first-order valence-electron chi connectivity index (χ1n) is 10.4. The smallest absolute Gasteiger partial charge is 0.270 e. The van der Waals surface area contributed by atoms with Crippen molar-refractivity contribution in [3.63, 3.8) is 0 Å². The summed E-state index contributed by atoms with van der Waals surface area (Å²) < 4.78 is 7.24. The van der Waals surface area contributed by atoms with Crippen LogP contribution < -0.4 is 4.90 Å². The normalized spacial score (nSPS) is 11.0. The molecule has 4 rings (SSSR count). The Bertz CT molecular complexity index is 1250. The first-order valence-corrected chi connectivity index (χ1v) is 11.4. The van der Waals surface area contributed by atoms with Crippen molar-refractivity contribution in [3.05, 3.63) is 64.5 Å². The largest absolute Gasteiger partial charge is 0.372 e. The van der Waals surface area contributed by atoms with Crippen LogP contribution in [0.4, 0.5) is 11.4 Å². The molecule has 0 aliphatic heterocycles. The van der Waals surface area contributed by atoms with Crippen molar-refractivity contribution in [2.45, 2.75) is 24.8 Å². The average Bonchev–Trinajstić information content (AvgIpc) is 3.46. The molecule has 0 aliphatic rings. The van der Waals surface area contributed by atoms with Crippen molar-refractivity contribution >= 4 is 23.1 Å². The number of hydrogen-bond donors (Lipinski definition) is 0. The number of nitro groups is 1. The van der Waals surface area contributed by atoms with Gasteiger partial charge in [-0.15, -0.1) is 10.2 Å². The fourth-order valence-electron chi connectivity index (χ4n) is 3.42. The second kappa shape index (κ2) is 9.82. The molecule has 0 atom stereocenters. The third-order valence-electron chi connectivity index (χ3n) is 5.20. The van der Waals surface area contributed by atoms with Crippen LogP contribution in [0.1, 0.15) is 19.7 Å². The van der Waals surface area contributed by atoms with Crippen LogP contribution in [0.15, 0.2) is 58.2 Å². The van der Waals surface area contributed by atoms with Gasteiger partial charge in [-0.1, -0.05) is 29.1 Å². The summed E-state index contributed by atoms with van der Waals surface area (Å²) in [5.41, 5.74) is 2.67. The van der Waals surface area contributed by atoms with E-state index in [0.29, 0.717) is 28.2 Å². The molecule has 0 saturated carbocycles. The van der Waals surface area contributed by atoms with Crippen LogP contribution >= 0.6 is 11.8 Å². The molecule has 2 aromatic heterocycles. The van der Waals surface area contributed by atoms with Gasteiger partial charge in [0.2, 0.25) is 11.7 Å². The fourth-order valence-corrected chi connectivity index (χ4v) is 4.17. The highest BCUT2D eigenvalue weighted by atomic mass is 32.2. The third kappa shape index (κ3) is 4.87. The van der Waals surface area contributed by atoms with Crippen molar-refractivity contribution in [2.24, 2.45) is 7.05 Å². The highest BCUT2D eigenvalue weighted by Crippen LogP contribution is 2.27. The lowest BCUT2D eigenvalue weighted by atomic mass is 10.2. The van der Waals surface area contributed by atoms with Gasteiger partial charge in [-0.25, -0.2) is 0 Å².